The minimum atomic E-state index is 0.152. The summed E-state index contributed by atoms with van der Waals surface area (Å²) in [6.07, 6.45) is 6.22. The molecule has 0 unspecified atom stereocenters. The third-order valence-electron chi connectivity index (χ3n) is 3.91. The van der Waals surface area contributed by atoms with E-state index in [1.165, 1.54) is 19.2 Å². The quantitative estimate of drug-likeness (QED) is 0.940. The van der Waals surface area contributed by atoms with Crippen molar-refractivity contribution in [3.05, 3.63) is 30.6 Å². The molecule has 2 heterocycles. The van der Waals surface area contributed by atoms with Crippen molar-refractivity contribution in [3.63, 3.8) is 0 Å². The highest BCUT2D eigenvalue weighted by Gasteiger charge is 2.15. The number of fused-ring (bicyclic) bond motifs is 1. The summed E-state index contributed by atoms with van der Waals surface area (Å²) in [4.78, 5) is 22.7. The summed E-state index contributed by atoms with van der Waals surface area (Å²) >= 11 is 0. The summed E-state index contributed by atoms with van der Waals surface area (Å²) in [6, 6.07) is 7.81. The molecule has 0 spiro atoms. The molecular formula is C16H20N4O. The SMILES string of the molecule is O=C(CNc1ncnc2ccccc12)N1CCCCCC1. The van der Waals surface area contributed by atoms with E-state index in [-0.39, 0.29) is 5.91 Å². The molecule has 1 saturated heterocycles. The van der Waals surface area contributed by atoms with Gasteiger partial charge in [-0.2, -0.15) is 0 Å². The maximum Gasteiger partial charge on any atom is 0.241 e. The van der Waals surface area contributed by atoms with E-state index in [0.29, 0.717) is 6.54 Å². The van der Waals surface area contributed by atoms with Crippen molar-refractivity contribution in [3.8, 4) is 0 Å². The molecule has 0 aliphatic carbocycles. The number of rotatable bonds is 3. The van der Waals surface area contributed by atoms with Crippen LogP contribution >= 0.6 is 0 Å². The van der Waals surface area contributed by atoms with Gasteiger partial charge in [0.25, 0.3) is 0 Å². The molecule has 110 valence electrons. The number of hydrogen-bond donors (Lipinski definition) is 1. The van der Waals surface area contributed by atoms with Crippen LogP contribution in [0.5, 0.6) is 0 Å². The van der Waals surface area contributed by atoms with E-state index in [4.69, 9.17) is 0 Å². The van der Waals surface area contributed by atoms with E-state index in [0.717, 1.165) is 42.7 Å². The Bertz CT molecular complexity index is 615. The lowest BCUT2D eigenvalue weighted by atomic mass is 10.2. The number of nitrogens with one attached hydrogen (secondary N) is 1. The van der Waals surface area contributed by atoms with Crippen molar-refractivity contribution < 1.29 is 4.79 Å². The van der Waals surface area contributed by atoms with Crippen molar-refractivity contribution in [2.45, 2.75) is 25.7 Å². The number of carbonyl (C=O) groups is 1. The van der Waals surface area contributed by atoms with Crippen molar-refractivity contribution in [1.82, 2.24) is 14.9 Å². The first-order valence-corrected chi connectivity index (χ1v) is 7.56. The van der Waals surface area contributed by atoms with Gasteiger partial charge >= 0.3 is 0 Å². The predicted octanol–water partition coefficient (Wildman–Crippen LogP) is 2.44. The van der Waals surface area contributed by atoms with Crippen LogP contribution in [0.4, 0.5) is 5.82 Å². The number of nitrogens with zero attached hydrogens (tertiary/aromatic N) is 3. The highest BCUT2D eigenvalue weighted by atomic mass is 16.2. The van der Waals surface area contributed by atoms with Crippen LogP contribution in [0, 0.1) is 0 Å². The average molecular weight is 284 g/mol. The molecule has 1 aromatic carbocycles. The second kappa shape index (κ2) is 6.52. The summed E-state index contributed by atoms with van der Waals surface area (Å²) in [6.45, 7) is 2.05. The fraction of sp³-hybridized carbons (Fsp3) is 0.438. The maximum absolute atomic E-state index is 12.3. The molecule has 5 heteroatoms. The molecule has 1 N–H and O–H groups in total. The molecular weight excluding hydrogens is 264 g/mol. The van der Waals surface area contributed by atoms with Crippen LogP contribution in [0.1, 0.15) is 25.7 Å². The van der Waals surface area contributed by atoms with Crippen LogP contribution in [0.15, 0.2) is 30.6 Å². The summed E-state index contributed by atoms with van der Waals surface area (Å²) in [7, 11) is 0. The van der Waals surface area contributed by atoms with Crippen LogP contribution in [-0.2, 0) is 4.79 Å². The lowest BCUT2D eigenvalue weighted by Crippen LogP contribution is -2.36. The molecule has 2 aromatic rings. The second-order valence-corrected chi connectivity index (χ2v) is 5.39. The number of aromatic nitrogens is 2. The molecule has 1 aromatic heterocycles. The van der Waals surface area contributed by atoms with Crippen molar-refractivity contribution in [1.29, 1.82) is 0 Å². The van der Waals surface area contributed by atoms with Gasteiger partial charge in [0.05, 0.1) is 12.1 Å². The highest BCUT2D eigenvalue weighted by Crippen LogP contribution is 2.18. The second-order valence-electron chi connectivity index (χ2n) is 5.39. The van der Waals surface area contributed by atoms with E-state index in [9.17, 15) is 4.79 Å². The normalized spacial score (nSPS) is 15.7. The molecule has 0 atom stereocenters. The Balaban J connectivity index is 1.67. The number of hydrogen-bond acceptors (Lipinski definition) is 4. The summed E-state index contributed by atoms with van der Waals surface area (Å²) < 4.78 is 0. The van der Waals surface area contributed by atoms with Gasteiger partial charge in [0.2, 0.25) is 5.91 Å². The monoisotopic (exact) mass is 284 g/mol. The Morgan fingerprint density at radius 2 is 1.86 bits per heavy atom. The topological polar surface area (TPSA) is 58.1 Å². The molecule has 5 nitrogen and oxygen atoms in total. The van der Waals surface area contributed by atoms with Crippen LogP contribution in [0.3, 0.4) is 0 Å². The highest BCUT2D eigenvalue weighted by molar-refractivity contribution is 5.90. The largest absolute Gasteiger partial charge is 0.360 e. The number of carbonyl (C=O) groups excluding carboxylic acids is 1. The maximum atomic E-state index is 12.3. The van der Waals surface area contributed by atoms with Gasteiger partial charge in [0, 0.05) is 18.5 Å². The van der Waals surface area contributed by atoms with Gasteiger partial charge in [-0.1, -0.05) is 25.0 Å². The molecule has 1 fully saturated rings. The Labute approximate surface area is 124 Å². The molecule has 1 amide bonds. The van der Waals surface area contributed by atoms with Gasteiger partial charge in [-0.25, -0.2) is 9.97 Å². The molecule has 1 aliphatic rings. The number of amides is 1. The van der Waals surface area contributed by atoms with Crippen molar-refractivity contribution >= 4 is 22.6 Å². The van der Waals surface area contributed by atoms with Gasteiger partial charge in [0.15, 0.2) is 0 Å². The Hall–Kier alpha value is -2.17. The van der Waals surface area contributed by atoms with Crippen LogP contribution < -0.4 is 5.32 Å². The molecule has 0 radical (unpaired) electrons. The van der Waals surface area contributed by atoms with Gasteiger partial charge < -0.3 is 10.2 Å². The molecule has 0 saturated carbocycles. The van der Waals surface area contributed by atoms with E-state index >= 15 is 0 Å². The van der Waals surface area contributed by atoms with Crippen molar-refractivity contribution in [2.24, 2.45) is 0 Å². The summed E-state index contributed by atoms with van der Waals surface area (Å²) in [5.74, 6) is 0.878. The van der Waals surface area contributed by atoms with E-state index in [1.54, 1.807) is 0 Å². The minimum absolute atomic E-state index is 0.152. The van der Waals surface area contributed by atoms with Gasteiger partial charge in [-0.3, -0.25) is 4.79 Å². The molecule has 1 aliphatic heterocycles. The van der Waals surface area contributed by atoms with E-state index in [2.05, 4.69) is 15.3 Å². The lowest BCUT2D eigenvalue weighted by molar-refractivity contribution is -0.129. The third kappa shape index (κ3) is 3.29. The van der Waals surface area contributed by atoms with Gasteiger partial charge in [0.1, 0.15) is 12.1 Å². The first kappa shape index (κ1) is 13.8. The zero-order valence-electron chi connectivity index (χ0n) is 12.1. The van der Waals surface area contributed by atoms with Crippen LogP contribution in [0.25, 0.3) is 10.9 Å². The molecule has 3 rings (SSSR count). The summed E-state index contributed by atoms with van der Waals surface area (Å²) in [5, 5.41) is 4.11. The minimum Gasteiger partial charge on any atom is -0.360 e. The first-order valence-electron chi connectivity index (χ1n) is 7.56. The average Bonchev–Trinajstić information content (AvgIpc) is 2.82. The van der Waals surface area contributed by atoms with E-state index in [1.807, 2.05) is 29.2 Å². The molecule has 0 bridgehead atoms. The lowest BCUT2D eigenvalue weighted by Gasteiger charge is -2.20. The number of para-hydroxylation sites is 1. The standard InChI is InChI=1S/C16H20N4O/c21-15(20-9-5-1-2-6-10-20)11-17-16-13-7-3-4-8-14(13)18-12-19-16/h3-4,7-8,12H,1-2,5-6,9-11H2,(H,17,18,19). The predicted molar refractivity (Wildman–Crippen MR) is 83.1 cm³/mol. The Kier molecular flexibility index (Phi) is 4.28. The van der Waals surface area contributed by atoms with Crippen LogP contribution in [-0.4, -0.2) is 40.4 Å². The number of anilines is 1. The first-order chi connectivity index (χ1) is 10.3. The van der Waals surface area contributed by atoms with E-state index < -0.39 is 0 Å². The summed E-state index contributed by atoms with van der Waals surface area (Å²) in [5.41, 5.74) is 0.886. The van der Waals surface area contributed by atoms with Crippen molar-refractivity contribution in [2.75, 3.05) is 25.0 Å². The Morgan fingerprint density at radius 3 is 2.67 bits per heavy atom. The number of likely N-dealkylation sites (tertiary alicyclic amines) is 1. The zero-order valence-corrected chi connectivity index (χ0v) is 12.1. The van der Waals surface area contributed by atoms with Gasteiger partial charge in [-0.15, -0.1) is 0 Å². The Morgan fingerprint density at radius 1 is 1.10 bits per heavy atom. The van der Waals surface area contributed by atoms with Crippen LogP contribution in [0.2, 0.25) is 0 Å². The fourth-order valence-corrected chi connectivity index (χ4v) is 2.74. The smallest absolute Gasteiger partial charge is 0.241 e. The molecule has 21 heavy (non-hydrogen) atoms. The third-order valence-corrected chi connectivity index (χ3v) is 3.91. The number of benzene rings is 1. The fourth-order valence-electron chi connectivity index (χ4n) is 2.74. The zero-order chi connectivity index (χ0) is 14.5. The van der Waals surface area contributed by atoms with Gasteiger partial charge in [-0.05, 0) is 25.0 Å².